The van der Waals surface area contributed by atoms with E-state index in [2.05, 4.69) is 11.9 Å². The van der Waals surface area contributed by atoms with Crippen LogP contribution < -0.4 is 5.56 Å². The van der Waals surface area contributed by atoms with E-state index in [1.54, 1.807) is 0 Å². The van der Waals surface area contributed by atoms with Gasteiger partial charge >= 0.3 is 0 Å². The molecule has 0 atom stereocenters. The van der Waals surface area contributed by atoms with Gasteiger partial charge in [0.1, 0.15) is 16.5 Å². The number of aryl methyl sites for hydroxylation is 1. The van der Waals surface area contributed by atoms with Gasteiger partial charge in [0.05, 0.1) is 23.8 Å². The number of unbranched alkanes of at least 4 members (excludes halogenated alkanes) is 2. The van der Waals surface area contributed by atoms with Crippen LogP contribution in [0.25, 0.3) is 10.2 Å². The molecule has 0 amide bonds. The molecule has 3 rings (SSSR count). The fraction of sp³-hybridized carbons (Fsp3) is 0.316. The van der Waals surface area contributed by atoms with Gasteiger partial charge < -0.3 is 0 Å². The number of nitrogens with zero attached hydrogens (tertiary/aromatic N) is 2. The quantitative estimate of drug-likeness (QED) is 0.455. The second kappa shape index (κ2) is 7.86. The van der Waals surface area contributed by atoms with E-state index < -0.39 is 17.4 Å². The molecule has 0 aliphatic carbocycles. The molecule has 0 N–H and O–H groups in total. The van der Waals surface area contributed by atoms with Crippen molar-refractivity contribution in [1.82, 2.24) is 9.55 Å². The van der Waals surface area contributed by atoms with Crippen molar-refractivity contribution in [2.24, 2.45) is 0 Å². The number of ketones is 1. The zero-order valence-electron chi connectivity index (χ0n) is 14.3. The van der Waals surface area contributed by atoms with Crippen LogP contribution in [0.3, 0.4) is 0 Å². The molecule has 0 aliphatic rings. The van der Waals surface area contributed by atoms with Crippen molar-refractivity contribution in [2.75, 3.05) is 0 Å². The first-order valence-corrected chi connectivity index (χ1v) is 9.27. The SMILES string of the molecule is CCCCCc1cc2c(=O)n(CC(=O)c3ccc(F)cc3F)cnc2s1. The molecule has 3 aromatic rings. The largest absolute Gasteiger partial charge is 0.292 e. The molecular formula is C19H18F2N2O2S. The topological polar surface area (TPSA) is 52.0 Å². The summed E-state index contributed by atoms with van der Waals surface area (Å²) < 4.78 is 27.9. The third-order valence-electron chi connectivity index (χ3n) is 4.14. The highest BCUT2D eigenvalue weighted by Crippen LogP contribution is 2.23. The van der Waals surface area contributed by atoms with Gasteiger partial charge in [0.15, 0.2) is 5.78 Å². The Hall–Kier alpha value is -2.41. The summed E-state index contributed by atoms with van der Waals surface area (Å²) in [6.07, 6.45) is 5.51. The molecule has 0 fully saturated rings. The number of aromatic nitrogens is 2. The zero-order chi connectivity index (χ0) is 18.7. The van der Waals surface area contributed by atoms with Gasteiger partial charge in [-0.2, -0.15) is 0 Å². The van der Waals surface area contributed by atoms with E-state index in [4.69, 9.17) is 0 Å². The molecule has 7 heteroatoms. The second-order valence-electron chi connectivity index (χ2n) is 6.11. The molecule has 2 aromatic heterocycles. The molecule has 136 valence electrons. The number of Topliss-reactive ketones (excluding diaryl/α,β-unsaturated/α-hetero) is 1. The monoisotopic (exact) mass is 376 g/mol. The average Bonchev–Trinajstić information content (AvgIpc) is 3.01. The molecule has 0 saturated carbocycles. The van der Waals surface area contributed by atoms with Gasteiger partial charge in [0, 0.05) is 10.9 Å². The van der Waals surface area contributed by atoms with Crippen molar-refractivity contribution in [3.8, 4) is 0 Å². The van der Waals surface area contributed by atoms with E-state index >= 15 is 0 Å². The number of benzene rings is 1. The van der Waals surface area contributed by atoms with E-state index in [0.29, 0.717) is 16.3 Å². The number of rotatable bonds is 7. The molecule has 0 unspecified atom stereocenters. The lowest BCUT2D eigenvalue weighted by molar-refractivity contribution is 0.0966. The summed E-state index contributed by atoms with van der Waals surface area (Å²) in [6.45, 7) is 1.79. The van der Waals surface area contributed by atoms with Crippen LogP contribution in [0.15, 0.2) is 35.4 Å². The van der Waals surface area contributed by atoms with Crippen molar-refractivity contribution >= 4 is 27.3 Å². The zero-order valence-corrected chi connectivity index (χ0v) is 15.1. The number of thiophene rings is 1. The van der Waals surface area contributed by atoms with E-state index in [0.717, 1.165) is 47.3 Å². The molecule has 2 heterocycles. The standard InChI is InChI=1S/C19H18F2N2O2S/c1-2-3-4-5-13-9-15-18(26-13)22-11-23(19(15)25)10-17(24)14-7-6-12(20)8-16(14)21/h6-9,11H,2-5,10H2,1H3. The Morgan fingerprint density at radius 2 is 2.04 bits per heavy atom. The summed E-state index contributed by atoms with van der Waals surface area (Å²) in [5.74, 6) is -2.30. The van der Waals surface area contributed by atoms with Crippen molar-refractivity contribution in [1.29, 1.82) is 0 Å². The molecule has 0 spiro atoms. The summed E-state index contributed by atoms with van der Waals surface area (Å²) >= 11 is 1.48. The van der Waals surface area contributed by atoms with Gasteiger partial charge in [-0.25, -0.2) is 13.8 Å². The number of halogens is 2. The molecule has 0 radical (unpaired) electrons. The maximum Gasteiger partial charge on any atom is 0.262 e. The predicted molar refractivity (Wildman–Crippen MR) is 97.8 cm³/mol. The number of hydrogen-bond acceptors (Lipinski definition) is 4. The van der Waals surface area contributed by atoms with Crippen LogP contribution in [0.1, 0.15) is 41.4 Å². The Bertz CT molecular complexity index is 1010. The first kappa shape index (κ1) is 18.4. The summed E-state index contributed by atoms with van der Waals surface area (Å²) in [5, 5.41) is 0.469. The number of carbonyl (C=O) groups excluding carboxylic acids is 1. The molecule has 26 heavy (non-hydrogen) atoms. The van der Waals surface area contributed by atoms with Crippen molar-refractivity contribution < 1.29 is 13.6 Å². The Labute approximate surface area is 153 Å². The molecule has 4 nitrogen and oxygen atoms in total. The minimum atomic E-state index is -0.939. The Morgan fingerprint density at radius 3 is 2.77 bits per heavy atom. The highest BCUT2D eigenvalue weighted by Gasteiger charge is 2.15. The summed E-state index contributed by atoms with van der Waals surface area (Å²) in [4.78, 5) is 30.8. The number of carbonyl (C=O) groups is 1. The van der Waals surface area contributed by atoms with Crippen LogP contribution in [-0.2, 0) is 13.0 Å². The first-order valence-electron chi connectivity index (χ1n) is 8.45. The van der Waals surface area contributed by atoms with Gasteiger partial charge in [-0.05, 0) is 31.0 Å². The van der Waals surface area contributed by atoms with Crippen LogP contribution >= 0.6 is 11.3 Å². The van der Waals surface area contributed by atoms with Gasteiger partial charge in [-0.15, -0.1) is 11.3 Å². The first-order chi connectivity index (χ1) is 12.5. The van der Waals surface area contributed by atoms with E-state index in [1.165, 1.54) is 17.7 Å². The number of hydrogen-bond donors (Lipinski definition) is 0. The summed E-state index contributed by atoms with van der Waals surface area (Å²) in [5.41, 5.74) is -0.576. The van der Waals surface area contributed by atoms with Crippen LogP contribution in [0, 0.1) is 11.6 Å². The van der Waals surface area contributed by atoms with E-state index in [1.807, 2.05) is 6.07 Å². The molecule has 0 saturated heterocycles. The fourth-order valence-electron chi connectivity index (χ4n) is 2.75. The molecule has 0 aliphatic heterocycles. The van der Waals surface area contributed by atoms with Gasteiger partial charge in [-0.3, -0.25) is 14.2 Å². The predicted octanol–water partition coefficient (Wildman–Crippen LogP) is 4.35. The highest BCUT2D eigenvalue weighted by atomic mass is 32.1. The van der Waals surface area contributed by atoms with Crippen LogP contribution in [0.4, 0.5) is 8.78 Å². The van der Waals surface area contributed by atoms with Crippen LogP contribution in [0.5, 0.6) is 0 Å². The van der Waals surface area contributed by atoms with Crippen molar-refractivity contribution in [2.45, 2.75) is 39.2 Å². The minimum Gasteiger partial charge on any atom is -0.292 e. The maximum atomic E-state index is 13.7. The maximum absolute atomic E-state index is 13.7. The normalized spacial score (nSPS) is 11.2. The smallest absolute Gasteiger partial charge is 0.262 e. The van der Waals surface area contributed by atoms with E-state index in [-0.39, 0.29) is 17.7 Å². The third-order valence-corrected chi connectivity index (χ3v) is 5.24. The van der Waals surface area contributed by atoms with Gasteiger partial charge in [0.2, 0.25) is 0 Å². The highest BCUT2D eigenvalue weighted by molar-refractivity contribution is 7.18. The van der Waals surface area contributed by atoms with Gasteiger partial charge in [-0.1, -0.05) is 19.8 Å². The third kappa shape index (κ3) is 3.88. The lowest BCUT2D eigenvalue weighted by Crippen LogP contribution is -2.24. The fourth-order valence-corrected chi connectivity index (χ4v) is 3.78. The van der Waals surface area contributed by atoms with Gasteiger partial charge in [0.25, 0.3) is 5.56 Å². The average molecular weight is 376 g/mol. The second-order valence-corrected chi connectivity index (χ2v) is 7.23. The minimum absolute atomic E-state index is 0.246. The Kier molecular flexibility index (Phi) is 5.56. The molecule has 0 bridgehead atoms. The molecule has 1 aromatic carbocycles. The lowest BCUT2D eigenvalue weighted by Gasteiger charge is -2.05. The summed E-state index contributed by atoms with van der Waals surface area (Å²) in [6, 6.07) is 4.58. The van der Waals surface area contributed by atoms with Crippen molar-refractivity contribution in [3.05, 3.63) is 63.0 Å². The lowest BCUT2D eigenvalue weighted by atomic mass is 10.1. The van der Waals surface area contributed by atoms with E-state index in [9.17, 15) is 18.4 Å². The van der Waals surface area contributed by atoms with Crippen LogP contribution in [-0.4, -0.2) is 15.3 Å². The summed E-state index contributed by atoms with van der Waals surface area (Å²) in [7, 11) is 0. The Morgan fingerprint density at radius 1 is 1.23 bits per heavy atom. The van der Waals surface area contributed by atoms with Crippen LogP contribution in [0.2, 0.25) is 0 Å². The van der Waals surface area contributed by atoms with Crippen molar-refractivity contribution in [3.63, 3.8) is 0 Å². The number of fused-ring (bicyclic) bond motifs is 1. The molecular weight excluding hydrogens is 358 g/mol. The Balaban J connectivity index is 1.85.